The number of unbranched alkanes of at least 4 members (excludes halogenated alkanes) is 2. The highest BCUT2D eigenvalue weighted by atomic mass is 79.9. The molecule has 122 valence electrons. The van der Waals surface area contributed by atoms with Crippen LogP contribution in [0.4, 0.5) is 11.5 Å². The lowest BCUT2D eigenvalue weighted by molar-refractivity contribution is 0.102. The lowest BCUT2D eigenvalue weighted by Gasteiger charge is -2.09. The zero-order chi connectivity index (χ0) is 16.7. The number of halogens is 1. The second-order valence-electron chi connectivity index (χ2n) is 5.34. The van der Waals surface area contributed by atoms with Gasteiger partial charge in [-0.3, -0.25) is 4.79 Å². The second kappa shape index (κ2) is 8.62. The molecule has 1 aromatic carbocycles. The Morgan fingerprint density at radius 2 is 2.04 bits per heavy atom. The average Bonchev–Trinajstić information content (AvgIpc) is 2.54. The van der Waals surface area contributed by atoms with E-state index in [4.69, 9.17) is 0 Å². The van der Waals surface area contributed by atoms with Gasteiger partial charge in [-0.1, -0.05) is 35.7 Å². The monoisotopic (exact) mass is 376 g/mol. The fraction of sp³-hybridized carbons (Fsp3) is 0.353. The Bertz CT molecular complexity index is 675. The molecular weight excluding hydrogens is 356 g/mol. The van der Waals surface area contributed by atoms with Crippen molar-refractivity contribution >= 4 is 33.3 Å². The number of nitrogens with one attached hydrogen (secondary N) is 2. The van der Waals surface area contributed by atoms with E-state index in [2.05, 4.69) is 43.5 Å². The molecule has 0 atom stereocenters. The highest BCUT2D eigenvalue weighted by Crippen LogP contribution is 2.20. The molecule has 0 bridgehead atoms. The first kappa shape index (κ1) is 17.4. The Hall–Kier alpha value is -1.95. The number of anilines is 2. The van der Waals surface area contributed by atoms with E-state index in [-0.39, 0.29) is 5.91 Å². The van der Waals surface area contributed by atoms with Crippen LogP contribution in [0.25, 0.3) is 0 Å². The summed E-state index contributed by atoms with van der Waals surface area (Å²) in [6.45, 7) is 4.95. The number of carbonyl (C=O) groups is 1. The van der Waals surface area contributed by atoms with Gasteiger partial charge in [0.25, 0.3) is 5.91 Å². The van der Waals surface area contributed by atoms with E-state index in [0.29, 0.717) is 11.5 Å². The van der Waals surface area contributed by atoms with Crippen molar-refractivity contribution in [2.75, 3.05) is 17.2 Å². The molecule has 0 unspecified atom stereocenters. The third kappa shape index (κ3) is 5.32. The van der Waals surface area contributed by atoms with Crippen LogP contribution in [-0.4, -0.2) is 22.4 Å². The molecule has 0 radical (unpaired) electrons. The largest absolute Gasteiger partial charge is 0.370 e. The maximum Gasteiger partial charge on any atom is 0.274 e. The third-order valence-corrected chi connectivity index (χ3v) is 3.92. The van der Waals surface area contributed by atoms with Crippen LogP contribution in [0.15, 0.2) is 35.1 Å². The molecule has 1 heterocycles. The molecule has 0 fully saturated rings. The Morgan fingerprint density at radius 1 is 1.22 bits per heavy atom. The average molecular weight is 377 g/mol. The number of amides is 1. The predicted octanol–water partition coefficient (Wildman–Crippen LogP) is 4.40. The minimum Gasteiger partial charge on any atom is -0.370 e. The molecule has 5 nitrogen and oxygen atoms in total. The van der Waals surface area contributed by atoms with Crippen LogP contribution in [0.3, 0.4) is 0 Å². The van der Waals surface area contributed by atoms with Crippen molar-refractivity contribution < 1.29 is 4.79 Å². The van der Waals surface area contributed by atoms with Crippen molar-refractivity contribution in [3.63, 3.8) is 0 Å². The Morgan fingerprint density at radius 3 is 2.78 bits per heavy atom. The summed E-state index contributed by atoms with van der Waals surface area (Å²) in [5, 5.41) is 6.10. The maximum absolute atomic E-state index is 12.3. The molecule has 0 aliphatic carbocycles. The zero-order valence-corrected chi connectivity index (χ0v) is 15.0. The molecule has 0 aliphatic heterocycles. The lowest BCUT2D eigenvalue weighted by Crippen LogP contribution is -2.15. The van der Waals surface area contributed by atoms with Crippen LogP contribution in [0.2, 0.25) is 0 Å². The van der Waals surface area contributed by atoms with Crippen molar-refractivity contribution in [2.24, 2.45) is 0 Å². The van der Waals surface area contributed by atoms with E-state index >= 15 is 0 Å². The number of rotatable bonds is 7. The summed E-state index contributed by atoms with van der Waals surface area (Å²) in [6, 6.07) is 7.39. The number of hydrogen-bond donors (Lipinski definition) is 2. The van der Waals surface area contributed by atoms with Crippen molar-refractivity contribution in [3.8, 4) is 0 Å². The fourth-order valence-corrected chi connectivity index (χ4v) is 2.60. The highest BCUT2D eigenvalue weighted by Gasteiger charge is 2.10. The van der Waals surface area contributed by atoms with Crippen molar-refractivity contribution in [3.05, 3.63) is 46.3 Å². The molecule has 2 aromatic rings. The van der Waals surface area contributed by atoms with Crippen LogP contribution in [0, 0.1) is 6.92 Å². The number of carbonyl (C=O) groups excluding carboxylic acids is 1. The third-order valence-electron chi connectivity index (χ3n) is 3.42. The van der Waals surface area contributed by atoms with Crippen LogP contribution in [0.5, 0.6) is 0 Å². The van der Waals surface area contributed by atoms with Crippen LogP contribution in [0.1, 0.15) is 42.2 Å². The van der Waals surface area contributed by atoms with Gasteiger partial charge in [-0.2, -0.15) is 0 Å². The van der Waals surface area contributed by atoms with E-state index in [9.17, 15) is 4.79 Å². The number of benzene rings is 1. The normalized spacial score (nSPS) is 10.4. The van der Waals surface area contributed by atoms with Gasteiger partial charge >= 0.3 is 0 Å². The minimum absolute atomic E-state index is 0.241. The van der Waals surface area contributed by atoms with E-state index in [1.807, 2.05) is 25.1 Å². The summed E-state index contributed by atoms with van der Waals surface area (Å²) in [5.74, 6) is 0.434. The molecule has 0 aliphatic rings. The van der Waals surface area contributed by atoms with Gasteiger partial charge in [0.05, 0.1) is 0 Å². The van der Waals surface area contributed by atoms with Crippen molar-refractivity contribution in [1.29, 1.82) is 0 Å². The molecule has 6 heteroatoms. The van der Waals surface area contributed by atoms with Crippen LogP contribution in [-0.2, 0) is 0 Å². The molecule has 1 amide bonds. The number of aryl methyl sites for hydroxylation is 1. The zero-order valence-electron chi connectivity index (χ0n) is 13.4. The SMILES string of the molecule is CCCCCNc1cc(C(=O)Nc2ccc(Br)cc2C)ncn1. The first-order valence-corrected chi connectivity index (χ1v) is 8.53. The molecule has 1 aromatic heterocycles. The minimum atomic E-state index is -0.241. The second-order valence-corrected chi connectivity index (χ2v) is 6.25. The Balaban J connectivity index is 2.01. The summed E-state index contributed by atoms with van der Waals surface area (Å²) in [4.78, 5) is 20.5. The summed E-state index contributed by atoms with van der Waals surface area (Å²) >= 11 is 3.41. The highest BCUT2D eigenvalue weighted by molar-refractivity contribution is 9.10. The van der Waals surface area contributed by atoms with Gasteiger partial charge in [0.2, 0.25) is 0 Å². The van der Waals surface area contributed by atoms with Gasteiger partial charge in [-0.15, -0.1) is 0 Å². The number of nitrogens with zero attached hydrogens (tertiary/aromatic N) is 2. The topological polar surface area (TPSA) is 66.9 Å². The van der Waals surface area contributed by atoms with Gasteiger partial charge in [0.15, 0.2) is 0 Å². The van der Waals surface area contributed by atoms with E-state index in [0.717, 1.165) is 28.7 Å². The molecule has 0 spiro atoms. The van der Waals surface area contributed by atoms with Crippen molar-refractivity contribution in [1.82, 2.24) is 9.97 Å². The molecule has 0 saturated heterocycles. The summed E-state index contributed by atoms with van der Waals surface area (Å²) in [5.41, 5.74) is 2.11. The van der Waals surface area contributed by atoms with Gasteiger partial charge in [0.1, 0.15) is 17.8 Å². The van der Waals surface area contributed by atoms with E-state index in [1.54, 1.807) is 6.07 Å². The molecule has 2 rings (SSSR count). The lowest BCUT2D eigenvalue weighted by atomic mass is 10.2. The Kier molecular flexibility index (Phi) is 6.52. The van der Waals surface area contributed by atoms with Gasteiger partial charge < -0.3 is 10.6 Å². The van der Waals surface area contributed by atoms with Crippen LogP contribution < -0.4 is 10.6 Å². The van der Waals surface area contributed by atoms with Gasteiger partial charge in [-0.05, 0) is 37.1 Å². The van der Waals surface area contributed by atoms with E-state index < -0.39 is 0 Å². The maximum atomic E-state index is 12.3. The molecule has 2 N–H and O–H groups in total. The summed E-state index contributed by atoms with van der Waals surface area (Å²) in [7, 11) is 0. The summed E-state index contributed by atoms with van der Waals surface area (Å²) in [6.07, 6.45) is 4.84. The standard InChI is InChI=1S/C17H21BrN4O/c1-3-4-5-8-19-16-10-15(20-11-21-16)17(23)22-14-7-6-13(18)9-12(14)2/h6-7,9-11H,3-5,8H2,1-2H3,(H,22,23)(H,19,20,21). The fourth-order valence-electron chi connectivity index (χ4n) is 2.12. The number of aromatic nitrogens is 2. The molecule has 23 heavy (non-hydrogen) atoms. The smallest absolute Gasteiger partial charge is 0.274 e. The van der Waals surface area contributed by atoms with Crippen LogP contribution >= 0.6 is 15.9 Å². The van der Waals surface area contributed by atoms with E-state index in [1.165, 1.54) is 19.2 Å². The quantitative estimate of drug-likeness (QED) is 0.702. The first-order valence-electron chi connectivity index (χ1n) is 7.73. The van der Waals surface area contributed by atoms with Gasteiger partial charge in [0, 0.05) is 22.8 Å². The predicted molar refractivity (Wildman–Crippen MR) is 96.9 cm³/mol. The first-order chi connectivity index (χ1) is 11.1. The summed E-state index contributed by atoms with van der Waals surface area (Å²) < 4.78 is 0.980. The molecular formula is C17H21BrN4O. The number of hydrogen-bond acceptors (Lipinski definition) is 4. The Labute approximate surface area is 145 Å². The molecule has 0 saturated carbocycles. The van der Waals surface area contributed by atoms with Gasteiger partial charge in [-0.25, -0.2) is 9.97 Å². The van der Waals surface area contributed by atoms with Crippen molar-refractivity contribution in [2.45, 2.75) is 33.1 Å².